The lowest BCUT2D eigenvalue weighted by molar-refractivity contribution is -0.384. The summed E-state index contributed by atoms with van der Waals surface area (Å²) in [6, 6.07) is 2.00. The van der Waals surface area contributed by atoms with Gasteiger partial charge in [0.1, 0.15) is 11.9 Å². The Balaban J connectivity index is 2.50. The lowest BCUT2D eigenvalue weighted by Gasteiger charge is -2.09. The summed E-state index contributed by atoms with van der Waals surface area (Å²) in [5.74, 6) is 2.64. The summed E-state index contributed by atoms with van der Waals surface area (Å²) in [5, 5.41) is 13.1. The van der Waals surface area contributed by atoms with Crippen molar-refractivity contribution in [2.24, 2.45) is 5.84 Å². The average Bonchev–Trinajstić information content (AvgIpc) is 2.42. The maximum Gasteiger partial charge on any atom is 0.329 e. The molecule has 1 aromatic heterocycles. The molecule has 0 amide bonds. The van der Waals surface area contributed by atoms with Gasteiger partial charge in [-0.15, -0.1) is 0 Å². The highest BCUT2D eigenvalue weighted by Crippen LogP contribution is 2.30. The Hall–Kier alpha value is -2.40. The Morgan fingerprint density at radius 2 is 1.95 bits per heavy atom. The van der Waals surface area contributed by atoms with Crippen LogP contribution in [0.5, 0.6) is 0 Å². The van der Waals surface area contributed by atoms with Crippen molar-refractivity contribution in [3.05, 3.63) is 44.6 Å². The van der Waals surface area contributed by atoms with Crippen molar-refractivity contribution in [3.8, 4) is 0 Å². The van der Waals surface area contributed by atoms with Crippen molar-refractivity contribution in [2.75, 3.05) is 10.7 Å². The summed E-state index contributed by atoms with van der Waals surface area (Å²) in [7, 11) is 0. The van der Waals surface area contributed by atoms with Crippen LogP contribution in [0.3, 0.4) is 0 Å². The van der Waals surface area contributed by atoms with E-state index in [4.69, 9.17) is 5.84 Å². The molecule has 0 unspecified atom stereocenters. The van der Waals surface area contributed by atoms with Crippen LogP contribution in [0, 0.1) is 21.7 Å². The minimum atomic E-state index is -0.947. The molecule has 0 fully saturated rings. The number of halogens is 3. The van der Waals surface area contributed by atoms with Crippen LogP contribution in [-0.2, 0) is 0 Å². The van der Waals surface area contributed by atoms with Crippen molar-refractivity contribution < 1.29 is 13.7 Å². The molecule has 0 aliphatic heterocycles. The van der Waals surface area contributed by atoms with Gasteiger partial charge in [0.25, 0.3) is 0 Å². The fraction of sp³-hybridized carbons (Fsp3) is 0. The van der Waals surface area contributed by atoms with Crippen molar-refractivity contribution in [2.45, 2.75) is 0 Å². The molecule has 1 aromatic carbocycles. The van der Waals surface area contributed by atoms with Gasteiger partial charge in [-0.1, -0.05) is 15.9 Å². The van der Waals surface area contributed by atoms with Crippen LogP contribution in [-0.4, -0.2) is 14.9 Å². The molecule has 0 saturated carbocycles. The average molecular weight is 361 g/mol. The summed E-state index contributed by atoms with van der Waals surface area (Å²) in [6.07, 6.45) is 0.860. The van der Waals surface area contributed by atoms with Gasteiger partial charge in [-0.2, -0.15) is 4.98 Å². The Labute approximate surface area is 124 Å². The molecule has 1 heterocycles. The zero-order chi connectivity index (χ0) is 15.6. The third-order valence-corrected chi connectivity index (χ3v) is 2.80. The normalized spacial score (nSPS) is 10.3. The standard InChI is InChI=1S/C10H7BrF2N6O2/c11-4-1-5(12)8(6(13)2-4)16-9-7(19(20)21)3-15-10(17-9)18-14/h1-3H,14H2,(H2,15,16,17,18). The number of hydrazine groups is 1. The molecular weight excluding hydrogens is 354 g/mol. The first kappa shape index (κ1) is 15.0. The molecular formula is C10H7BrF2N6O2. The van der Waals surface area contributed by atoms with Crippen LogP contribution in [0.1, 0.15) is 0 Å². The lowest BCUT2D eigenvalue weighted by Crippen LogP contribution is -2.12. The van der Waals surface area contributed by atoms with E-state index in [2.05, 4.69) is 36.6 Å². The van der Waals surface area contributed by atoms with Crippen LogP contribution in [0.4, 0.5) is 31.9 Å². The molecule has 0 aliphatic rings. The summed E-state index contributed by atoms with van der Waals surface area (Å²) in [4.78, 5) is 17.3. The second-order valence-corrected chi connectivity index (χ2v) is 4.61. The molecule has 11 heteroatoms. The van der Waals surface area contributed by atoms with Gasteiger partial charge in [-0.25, -0.2) is 19.6 Å². The second-order valence-electron chi connectivity index (χ2n) is 3.70. The minimum Gasteiger partial charge on any atom is -0.329 e. The van der Waals surface area contributed by atoms with Gasteiger partial charge >= 0.3 is 5.69 Å². The summed E-state index contributed by atoms with van der Waals surface area (Å²) >= 11 is 2.92. The number of hydrogen-bond donors (Lipinski definition) is 3. The number of nitrogen functional groups attached to an aromatic ring is 1. The zero-order valence-electron chi connectivity index (χ0n) is 10.1. The first-order chi connectivity index (χ1) is 9.92. The fourth-order valence-corrected chi connectivity index (χ4v) is 1.85. The molecule has 0 atom stereocenters. The number of hydrogen-bond acceptors (Lipinski definition) is 7. The Morgan fingerprint density at radius 3 is 2.48 bits per heavy atom. The lowest BCUT2D eigenvalue weighted by atomic mass is 10.3. The Bertz CT molecular complexity index is 691. The number of anilines is 3. The number of nitrogens with zero attached hydrogens (tertiary/aromatic N) is 3. The van der Waals surface area contributed by atoms with Crippen molar-refractivity contribution in [1.29, 1.82) is 0 Å². The molecule has 2 rings (SSSR count). The van der Waals surface area contributed by atoms with Crippen LogP contribution in [0.2, 0.25) is 0 Å². The molecule has 0 saturated heterocycles. The van der Waals surface area contributed by atoms with Gasteiger partial charge in [0.15, 0.2) is 11.6 Å². The van der Waals surface area contributed by atoms with Crippen LogP contribution >= 0.6 is 15.9 Å². The number of benzene rings is 1. The molecule has 0 bridgehead atoms. The van der Waals surface area contributed by atoms with Gasteiger partial charge in [0, 0.05) is 4.47 Å². The van der Waals surface area contributed by atoms with E-state index in [0.717, 1.165) is 18.3 Å². The topological polar surface area (TPSA) is 119 Å². The highest BCUT2D eigenvalue weighted by Gasteiger charge is 2.20. The van der Waals surface area contributed by atoms with Crippen molar-refractivity contribution in [1.82, 2.24) is 9.97 Å². The predicted octanol–water partition coefficient (Wildman–Crippen LogP) is 2.45. The smallest absolute Gasteiger partial charge is 0.329 e. The van der Waals surface area contributed by atoms with Crippen LogP contribution in [0.15, 0.2) is 22.8 Å². The maximum atomic E-state index is 13.7. The molecule has 0 spiro atoms. The second kappa shape index (κ2) is 5.93. The highest BCUT2D eigenvalue weighted by atomic mass is 79.9. The van der Waals surface area contributed by atoms with Gasteiger partial charge in [-0.3, -0.25) is 15.5 Å². The maximum absolute atomic E-state index is 13.7. The quantitative estimate of drug-likeness (QED) is 0.435. The summed E-state index contributed by atoms with van der Waals surface area (Å²) in [6.45, 7) is 0. The molecule has 110 valence electrons. The van der Waals surface area contributed by atoms with Crippen LogP contribution in [0.25, 0.3) is 0 Å². The fourth-order valence-electron chi connectivity index (χ4n) is 1.45. The van der Waals surface area contributed by atoms with E-state index < -0.39 is 33.8 Å². The van der Waals surface area contributed by atoms with Gasteiger partial charge < -0.3 is 5.32 Å². The largest absolute Gasteiger partial charge is 0.329 e. The first-order valence-corrected chi connectivity index (χ1v) is 6.11. The molecule has 2 aromatic rings. The van der Waals surface area contributed by atoms with E-state index in [1.807, 2.05) is 0 Å². The van der Waals surface area contributed by atoms with E-state index in [9.17, 15) is 18.9 Å². The first-order valence-electron chi connectivity index (χ1n) is 5.32. The van der Waals surface area contributed by atoms with Crippen LogP contribution < -0.4 is 16.6 Å². The van der Waals surface area contributed by atoms with Gasteiger partial charge in [0.2, 0.25) is 11.8 Å². The van der Waals surface area contributed by atoms with Crippen molar-refractivity contribution >= 4 is 39.1 Å². The Kier molecular flexibility index (Phi) is 4.23. The van der Waals surface area contributed by atoms with Gasteiger partial charge in [-0.05, 0) is 12.1 Å². The molecule has 4 N–H and O–H groups in total. The van der Waals surface area contributed by atoms with E-state index in [0.29, 0.717) is 0 Å². The molecule has 8 nitrogen and oxygen atoms in total. The van der Waals surface area contributed by atoms with E-state index in [1.54, 1.807) is 0 Å². The number of rotatable bonds is 4. The monoisotopic (exact) mass is 360 g/mol. The molecule has 21 heavy (non-hydrogen) atoms. The van der Waals surface area contributed by atoms with E-state index in [1.165, 1.54) is 0 Å². The van der Waals surface area contributed by atoms with E-state index >= 15 is 0 Å². The highest BCUT2D eigenvalue weighted by molar-refractivity contribution is 9.10. The summed E-state index contributed by atoms with van der Waals surface area (Å²) < 4.78 is 27.6. The van der Waals surface area contributed by atoms with Crippen molar-refractivity contribution in [3.63, 3.8) is 0 Å². The minimum absolute atomic E-state index is 0.152. The number of aromatic nitrogens is 2. The zero-order valence-corrected chi connectivity index (χ0v) is 11.7. The molecule has 0 radical (unpaired) electrons. The SMILES string of the molecule is NNc1ncc([N+](=O)[O-])c(Nc2c(F)cc(Br)cc2F)n1. The third kappa shape index (κ3) is 3.20. The summed E-state index contributed by atoms with van der Waals surface area (Å²) in [5.41, 5.74) is 0.938. The number of nitro groups is 1. The number of nitrogens with one attached hydrogen (secondary N) is 2. The third-order valence-electron chi connectivity index (χ3n) is 2.35. The van der Waals surface area contributed by atoms with Gasteiger partial charge in [0.05, 0.1) is 4.92 Å². The molecule has 0 aliphatic carbocycles. The predicted molar refractivity (Wildman–Crippen MR) is 73.8 cm³/mol. The number of nitrogens with two attached hydrogens (primary N) is 1. The van der Waals surface area contributed by atoms with E-state index in [-0.39, 0.29) is 10.4 Å². The Morgan fingerprint density at radius 1 is 1.33 bits per heavy atom.